The summed E-state index contributed by atoms with van der Waals surface area (Å²) in [5.74, 6) is -0.774. The Bertz CT molecular complexity index is 728. The summed E-state index contributed by atoms with van der Waals surface area (Å²) >= 11 is 6.62. The number of anilines is 2. The molecule has 1 heterocycles. The lowest BCUT2D eigenvalue weighted by molar-refractivity contribution is 0.0601. The highest BCUT2D eigenvalue weighted by molar-refractivity contribution is 7.80. The standard InChI is InChI=1S/C15H15FN2O2S2/c1-8-9(2)22-13(12(8)14(19)20-3)18-15(21)17-11-6-4-5-10(16)7-11/h4-7H,1-3H3,(H2,17,18,21). The molecule has 0 atom stereocenters. The van der Waals surface area contributed by atoms with Gasteiger partial charge in [0, 0.05) is 10.6 Å². The van der Waals surface area contributed by atoms with Crippen molar-refractivity contribution in [3.8, 4) is 0 Å². The molecule has 7 heteroatoms. The van der Waals surface area contributed by atoms with Gasteiger partial charge in [-0.15, -0.1) is 11.3 Å². The van der Waals surface area contributed by atoms with Crippen LogP contribution in [0.15, 0.2) is 24.3 Å². The van der Waals surface area contributed by atoms with Gasteiger partial charge in [0.2, 0.25) is 0 Å². The molecule has 0 fully saturated rings. The number of thiocarbonyl (C=S) groups is 1. The summed E-state index contributed by atoms with van der Waals surface area (Å²) < 4.78 is 18.0. The second kappa shape index (κ2) is 6.85. The summed E-state index contributed by atoms with van der Waals surface area (Å²) in [4.78, 5) is 12.9. The van der Waals surface area contributed by atoms with Crippen LogP contribution in [-0.4, -0.2) is 18.2 Å². The van der Waals surface area contributed by atoms with Crippen LogP contribution in [0.2, 0.25) is 0 Å². The van der Waals surface area contributed by atoms with Gasteiger partial charge in [0.05, 0.1) is 12.7 Å². The summed E-state index contributed by atoms with van der Waals surface area (Å²) in [5.41, 5.74) is 1.85. The monoisotopic (exact) mass is 338 g/mol. The Morgan fingerprint density at radius 1 is 1.32 bits per heavy atom. The van der Waals surface area contributed by atoms with Crippen molar-refractivity contribution in [3.63, 3.8) is 0 Å². The highest BCUT2D eigenvalue weighted by Crippen LogP contribution is 2.33. The Balaban J connectivity index is 2.18. The summed E-state index contributed by atoms with van der Waals surface area (Å²) in [6.45, 7) is 3.77. The molecule has 0 spiro atoms. The zero-order valence-electron chi connectivity index (χ0n) is 12.3. The summed E-state index contributed by atoms with van der Waals surface area (Å²) in [6.07, 6.45) is 0. The van der Waals surface area contributed by atoms with Crippen molar-refractivity contribution >= 4 is 45.3 Å². The molecule has 0 saturated carbocycles. The summed E-state index contributed by atoms with van der Waals surface area (Å²) in [5, 5.41) is 6.73. The van der Waals surface area contributed by atoms with Crippen LogP contribution in [0.25, 0.3) is 0 Å². The lowest BCUT2D eigenvalue weighted by Crippen LogP contribution is -2.20. The predicted molar refractivity (Wildman–Crippen MR) is 91.4 cm³/mol. The topological polar surface area (TPSA) is 50.4 Å². The molecule has 2 aromatic rings. The Morgan fingerprint density at radius 3 is 2.68 bits per heavy atom. The molecule has 116 valence electrons. The number of carbonyl (C=O) groups is 1. The van der Waals surface area contributed by atoms with Gasteiger partial charge in [-0.05, 0) is 49.8 Å². The van der Waals surface area contributed by atoms with Crippen LogP contribution in [-0.2, 0) is 4.74 Å². The maximum Gasteiger partial charge on any atom is 0.341 e. The van der Waals surface area contributed by atoms with E-state index in [1.54, 1.807) is 12.1 Å². The molecule has 0 bridgehead atoms. The van der Waals surface area contributed by atoms with Gasteiger partial charge in [-0.3, -0.25) is 0 Å². The van der Waals surface area contributed by atoms with E-state index in [2.05, 4.69) is 10.6 Å². The van der Waals surface area contributed by atoms with E-state index in [-0.39, 0.29) is 10.9 Å². The third kappa shape index (κ3) is 3.61. The smallest absolute Gasteiger partial charge is 0.341 e. The normalized spacial score (nSPS) is 10.2. The quantitative estimate of drug-likeness (QED) is 0.652. The Hall–Kier alpha value is -1.99. The molecule has 0 unspecified atom stereocenters. The minimum absolute atomic E-state index is 0.275. The van der Waals surface area contributed by atoms with Gasteiger partial charge in [-0.1, -0.05) is 6.07 Å². The molecule has 4 nitrogen and oxygen atoms in total. The molecular formula is C15H15FN2O2S2. The second-order valence-electron chi connectivity index (χ2n) is 4.57. The number of methoxy groups -OCH3 is 1. The number of hydrogen-bond donors (Lipinski definition) is 2. The number of hydrogen-bond acceptors (Lipinski definition) is 4. The minimum Gasteiger partial charge on any atom is -0.465 e. The SMILES string of the molecule is COC(=O)c1c(NC(=S)Nc2cccc(F)c2)sc(C)c1C. The molecule has 2 rings (SSSR count). The lowest BCUT2D eigenvalue weighted by atomic mass is 10.1. The van der Waals surface area contributed by atoms with Gasteiger partial charge in [0.25, 0.3) is 0 Å². The van der Waals surface area contributed by atoms with Crippen molar-refractivity contribution in [2.75, 3.05) is 17.7 Å². The van der Waals surface area contributed by atoms with Gasteiger partial charge >= 0.3 is 5.97 Å². The Labute approximate surface area is 137 Å². The highest BCUT2D eigenvalue weighted by Gasteiger charge is 2.20. The fraction of sp³-hybridized carbons (Fsp3) is 0.200. The molecular weight excluding hydrogens is 323 g/mol. The van der Waals surface area contributed by atoms with Crippen LogP contribution in [0.3, 0.4) is 0 Å². The Kier molecular flexibility index (Phi) is 5.10. The molecule has 0 aliphatic heterocycles. The van der Waals surface area contributed by atoms with E-state index in [0.717, 1.165) is 10.4 Å². The molecule has 2 N–H and O–H groups in total. The molecule has 1 aromatic carbocycles. The average molecular weight is 338 g/mol. The first kappa shape index (κ1) is 16.4. The van der Waals surface area contributed by atoms with E-state index in [9.17, 15) is 9.18 Å². The van der Waals surface area contributed by atoms with E-state index in [0.29, 0.717) is 16.3 Å². The minimum atomic E-state index is -0.419. The van der Waals surface area contributed by atoms with Crippen LogP contribution >= 0.6 is 23.6 Å². The number of esters is 1. The van der Waals surface area contributed by atoms with Crippen LogP contribution in [0, 0.1) is 19.7 Å². The number of thiophene rings is 1. The van der Waals surface area contributed by atoms with Gasteiger partial charge < -0.3 is 15.4 Å². The van der Waals surface area contributed by atoms with E-state index >= 15 is 0 Å². The fourth-order valence-electron chi connectivity index (χ4n) is 1.89. The van der Waals surface area contributed by atoms with Crippen molar-refractivity contribution in [2.24, 2.45) is 0 Å². The van der Waals surface area contributed by atoms with E-state index in [1.807, 2.05) is 13.8 Å². The lowest BCUT2D eigenvalue weighted by Gasteiger charge is -2.10. The number of ether oxygens (including phenoxy) is 1. The number of rotatable bonds is 3. The van der Waals surface area contributed by atoms with Crippen molar-refractivity contribution in [2.45, 2.75) is 13.8 Å². The number of aryl methyl sites for hydroxylation is 1. The largest absolute Gasteiger partial charge is 0.465 e. The maximum absolute atomic E-state index is 13.2. The van der Waals surface area contributed by atoms with Crippen LogP contribution in [0.1, 0.15) is 20.8 Å². The maximum atomic E-state index is 13.2. The summed E-state index contributed by atoms with van der Waals surface area (Å²) in [7, 11) is 1.34. The molecule has 1 aromatic heterocycles. The summed E-state index contributed by atoms with van der Waals surface area (Å²) in [6, 6.07) is 5.96. The van der Waals surface area contributed by atoms with Gasteiger partial charge in [-0.25, -0.2) is 9.18 Å². The zero-order valence-corrected chi connectivity index (χ0v) is 14.0. The van der Waals surface area contributed by atoms with Crippen molar-refractivity contribution in [1.82, 2.24) is 0 Å². The van der Waals surface area contributed by atoms with Crippen molar-refractivity contribution in [1.29, 1.82) is 0 Å². The number of carbonyl (C=O) groups excluding carboxylic acids is 1. The first-order valence-corrected chi connectivity index (χ1v) is 7.66. The van der Waals surface area contributed by atoms with E-state index in [1.165, 1.54) is 30.6 Å². The first-order chi connectivity index (χ1) is 10.4. The average Bonchev–Trinajstić information content (AvgIpc) is 2.72. The van der Waals surface area contributed by atoms with Crippen LogP contribution in [0.4, 0.5) is 15.1 Å². The van der Waals surface area contributed by atoms with Gasteiger partial charge in [0.1, 0.15) is 10.8 Å². The number of halogens is 1. The second-order valence-corrected chi connectivity index (χ2v) is 6.20. The zero-order chi connectivity index (χ0) is 16.3. The highest BCUT2D eigenvalue weighted by atomic mass is 32.1. The van der Waals surface area contributed by atoms with Crippen molar-refractivity contribution < 1.29 is 13.9 Å². The molecule has 0 aliphatic carbocycles. The molecule has 0 radical (unpaired) electrons. The molecule has 22 heavy (non-hydrogen) atoms. The molecule has 0 amide bonds. The third-order valence-corrected chi connectivity index (χ3v) is 4.41. The fourth-order valence-corrected chi connectivity index (χ4v) is 3.23. The van der Waals surface area contributed by atoms with E-state index in [4.69, 9.17) is 17.0 Å². The molecule has 0 aliphatic rings. The van der Waals surface area contributed by atoms with Crippen LogP contribution in [0.5, 0.6) is 0 Å². The molecule has 0 saturated heterocycles. The number of benzene rings is 1. The first-order valence-electron chi connectivity index (χ1n) is 6.44. The third-order valence-electron chi connectivity index (χ3n) is 3.08. The Morgan fingerprint density at radius 2 is 2.05 bits per heavy atom. The van der Waals surface area contributed by atoms with Gasteiger partial charge in [-0.2, -0.15) is 0 Å². The number of nitrogens with one attached hydrogen (secondary N) is 2. The van der Waals surface area contributed by atoms with Gasteiger partial charge in [0.15, 0.2) is 5.11 Å². The van der Waals surface area contributed by atoms with E-state index < -0.39 is 5.97 Å². The van der Waals surface area contributed by atoms with Crippen molar-refractivity contribution in [3.05, 3.63) is 46.1 Å². The van der Waals surface area contributed by atoms with Crippen LogP contribution < -0.4 is 10.6 Å². The predicted octanol–water partition coefficient (Wildman–Crippen LogP) is 4.10.